The summed E-state index contributed by atoms with van der Waals surface area (Å²) in [7, 11) is 3.14. The molecular formula is C31H37Cl2N5O3. The first-order chi connectivity index (χ1) is 19.8. The van der Waals surface area contributed by atoms with Crippen molar-refractivity contribution in [1.82, 2.24) is 14.8 Å². The van der Waals surface area contributed by atoms with E-state index >= 15 is 0 Å². The van der Waals surface area contributed by atoms with E-state index in [1.807, 2.05) is 12.1 Å². The average Bonchev–Trinajstić information content (AvgIpc) is 3.49. The zero-order valence-electron chi connectivity index (χ0n) is 24.0. The lowest BCUT2D eigenvalue weighted by molar-refractivity contribution is 0.221. The van der Waals surface area contributed by atoms with Gasteiger partial charge in [0.25, 0.3) is 0 Å². The van der Waals surface area contributed by atoms with Crippen molar-refractivity contribution in [2.45, 2.75) is 20.3 Å². The molecule has 3 heterocycles. The zero-order chi connectivity index (χ0) is 29.1. The van der Waals surface area contributed by atoms with Crippen LogP contribution in [0, 0.1) is 29.1 Å². The van der Waals surface area contributed by atoms with E-state index in [2.05, 4.69) is 40.0 Å². The summed E-state index contributed by atoms with van der Waals surface area (Å²) in [6.07, 6.45) is 2.47. The van der Waals surface area contributed by atoms with Gasteiger partial charge in [0, 0.05) is 63.0 Å². The van der Waals surface area contributed by atoms with Crippen LogP contribution in [0.4, 0.5) is 11.4 Å². The molecule has 0 radical (unpaired) electrons. The number of hydrogen-bond donors (Lipinski definition) is 1. The second-order valence-electron chi connectivity index (χ2n) is 11.4. The van der Waals surface area contributed by atoms with Gasteiger partial charge in [-0.05, 0) is 36.3 Å². The number of benzene rings is 2. The van der Waals surface area contributed by atoms with Crippen LogP contribution in [0.15, 0.2) is 30.5 Å². The van der Waals surface area contributed by atoms with Crippen LogP contribution in [0.3, 0.4) is 0 Å². The van der Waals surface area contributed by atoms with Crippen molar-refractivity contribution < 1.29 is 14.2 Å². The number of rotatable bonds is 11. The Morgan fingerprint density at radius 3 is 2.34 bits per heavy atom. The lowest BCUT2D eigenvalue weighted by Crippen LogP contribution is -2.31. The minimum Gasteiger partial charge on any atom is -0.495 e. The Morgan fingerprint density at radius 1 is 0.976 bits per heavy atom. The third-order valence-electron chi connectivity index (χ3n) is 7.91. The van der Waals surface area contributed by atoms with E-state index in [4.69, 9.17) is 37.4 Å². The van der Waals surface area contributed by atoms with Crippen LogP contribution in [0.5, 0.6) is 17.2 Å². The average molecular weight is 599 g/mol. The lowest BCUT2D eigenvalue weighted by Gasteiger charge is -2.22. The quantitative estimate of drug-likeness (QED) is 0.252. The van der Waals surface area contributed by atoms with Gasteiger partial charge in [0.1, 0.15) is 11.8 Å². The molecule has 0 spiro atoms. The van der Waals surface area contributed by atoms with Gasteiger partial charge >= 0.3 is 0 Å². The minimum atomic E-state index is 0.362. The Hall–Kier alpha value is -2.96. The molecule has 0 saturated carbocycles. The van der Waals surface area contributed by atoms with Crippen molar-refractivity contribution in [3.63, 3.8) is 0 Å². The summed E-state index contributed by atoms with van der Waals surface area (Å²) < 4.78 is 17.2. The molecule has 2 saturated heterocycles. The van der Waals surface area contributed by atoms with Gasteiger partial charge in [0.05, 0.1) is 53.3 Å². The van der Waals surface area contributed by atoms with E-state index in [9.17, 15) is 5.26 Å². The van der Waals surface area contributed by atoms with E-state index in [1.54, 1.807) is 19.2 Å². The number of methoxy groups -OCH3 is 2. The van der Waals surface area contributed by atoms with Crippen LogP contribution in [-0.2, 0) is 0 Å². The Bertz CT molecular complexity index is 1430. The molecular weight excluding hydrogens is 561 g/mol. The molecule has 5 rings (SSSR count). The summed E-state index contributed by atoms with van der Waals surface area (Å²) in [5, 5.41) is 14.6. The normalized spacial score (nSPS) is 19.0. The Morgan fingerprint density at radius 2 is 1.68 bits per heavy atom. The number of nitrogens with one attached hydrogen (secondary N) is 1. The van der Waals surface area contributed by atoms with E-state index in [0.29, 0.717) is 61.7 Å². The minimum absolute atomic E-state index is 0.362. The smallest absolute Gasteiger partial charge is 0.163 e. The number of halogens is 2. The number of ether oxygens (including phenoxy) is 3. The largest absolute Gasteiger partial charge is 0.495 e. The maximum Gasteiger partial charge on any atom is 0.163 e. The molecule has 0 unspecified atom stereocenters. The van der Waals surface area contributed by atoms with Gasteiger partial charge in [-0.1, -0.05) is 37.0 Å². The molecule has 2 aromatic carbocycles. The van der Waals surface area contributed by atoms with Gasteiger partial charge in [0.15, 0.2) is 11.5 Å². The molecule has 218 valence electrons. The van der Waals surface area contributed by atoms with Crippen LogP contribution in [-0.4, -0.2) is 74.9 Å². The molecule has 41 heavy (non-hydrogen) atoms. The number of anilines is 2. The van der Waals surface area contributed by atoms with Gasteiger partial charge in [0.2, 0.25) is 0 Å². The molecule has 0 amide bonds. The molecule has 2 aliphatic heterocycles. The van der Waals surface area contributed by atoms with Crippen molar-refractivity contribution in [3.8, 4) is 23.3 Å². The zero-order valence-corrected chi connectivity index (χ0v) is 25.6. The SMILES string of the molecule is COc1cc(Nc2c(C#N)cnc3cc(OCCCN4C[C@@H]5CN(CC(C)C)C[C@@H]5C4)c(OC)cc23)c(Cl)cc1Cl. The highest BCUT2D eigenvalue weighted by molar-refractivity contribution is 6.37. The molecule has 1 aromatic heterocycles. The molecule has 2 fully saturated rings. The first-order valence-electron chi connectivity index (χ1n) is 14.1. The van der Waals surface area contributed by atoms with E-state index < -0.39 is 0 Å². The molecule has 0 aliphatic carbocycles. The number of hydrogen-bond acceptors (Lipinski definition) is 8. The maximum atomic E-state index is 9.81. The van der Waals surface area contributed by atoms with Crippen molar-refractivity contribution in [2.75, 3.05) is 65.4 Å². The topological polar surface area (TPSA) is 82.9 Å². The van der Waals surface area contributed by atoms with Crippen LogP contribution in [0.25, 0.3) is 10.9 Å². The van der Waals surface area contributed by atoms with E-state index in [0.717, 1.165) is 30.7 Å². The number of aromatic nitrogens is 1. The number of nitrogens with zero attached hydrogens (tertiary/aromatic N) is 4. The second-order valence-corrected chi connectivity index (χ2v) is 12.2. The third-order valence-corrected chi connectivity index (χ3v) is 8.52. The Labute approximate surface area is 252 Å². The summed E-state index contributed by atoms with van der Waals surface area (Å²) >= 11 is 12.7. The van der Waals surface area contributed by atoms with E-state index in [-0.39, 0.29) is 0 Å². The highest BCUT2D eigenvalue weighted by Gasteiger charge is 2.39. The Balaban J connectivity index is 1.26. The van der Waals surface area contributed by atoms with Crippen LogP contribution >= 0.6 is 23.2 Å². The number of nitriles is 1. The fraction of sp³-hybridized carbons (Fsp3) is 0.484. The summed E-state index contributed by atoms with van der Waals surface area (Å²) in [4.78, 5) is 9.75. The van der Waals surface area contributed by atoms with Crippen molar-refractivity contribution in [1.29, 1.82) is 5.26 Å². The molecule has 2 atom stereocenters. The highest BCUT2D eigenvalue weighted by Crippen LogP contribution is 2.40. The maximum absolute atomic E-state index is 9.81. The molecule has 8 nitrogen and oxygen atoms in total. The fourth-order valence-corrected chi connectivity index (χ4v) is 6.62. The summed E-state index contributed by atoms with van der Waals surface area (Å²) in [5.41, 5.74) is 2.13. The van der Waals surface area contributed by atoms with Gasteiger partial charge in [-0.15, -0.1) is 0 Å². The monoisotopic (exact) mass is 597 g/mol. The first kappa shape index (κ1) is 29.5. The predicted octanol–water partition coefficient (Wildman–Crippen LogP) is 6.46. The van der Waals surface area contributed by atoms with Crippen LogP contribution < -0.4 is 19.5 Å². The fourth-order valence-electron chi connectivity index (χ4n) is 6.11. The predicted molar refractivity (Wildman–Crippen MR) is 164 cm³/mol. The van der Waals surface area contributed by atoms with Crippen LogP contribution in [0.1, 0.15) is 25.8 Å². The molecule has 2 aliphatic rings. The highest BCUT2D eigenvalue weighted by atomic mass is 35.5. The third kappa shape index (κ3) is 6.60. The van der Waals surface area contributed by atoms with Crippen molar-refractivity contribution in [3.05, 3.63) is 46.1 Å². The second kappa shape index (κ2) is 12.9. The number of fused-ring (bicyclic) bond motifs is 2. The molecule has 3 aromatic rings. The van der Waals surface area contributed by atoms with Gasteiger partial charge in [-0.3, -0.25) is 4.98 Å². The summed E-state index contributed by atoms with van der Waals surface area (Å²) in [6.45, 7) is 12.3. The van der Waals surface area contributed by atoms with Gasteiger partial charge in [-0.25, -0.2) is 0 Å². The van der Waals surface area contributed by atoms with E-state index in [1.165, 1.54) is 46.0 Å². The van der Waals surface area contributed by atoms with Gasteiger partial charge < -0.3 is 29.3 Å². The molecule has 0 bridgehead atoms. The lowest BCUT2D eigenvalue weighted by atomic mass is 10.0. The summed E-state index contributed by atoms with van der Waals surface area (Å²) in [5.74, 6) is 3.98. The summed E-state index contributed by atoms with van der Waals surface area (Å²) in [6, 6.07) is 9.20. The standard InChI is InChI=1S/C31H37Cl2N5O3/c1-19(2)14-38-17-21-15-37(16-22(21)18-38)6-5-7-41-30-10-26-23(8-29(30)40-4)31(20(12-34)13-35-26)36-27-11-28(39-3)25(33)9-24(27)32/h8-11,13,19,21-22H,5-7,14-18H2,1-4H3,(H,35,36)/t21-,22+. The van der Waals surface area contributed by atoms with Gasteiger partial charge in [-0.2, -0.15) is 5.26 Å². The number of likely N-dealkylation sites (tertiary alicyclic amines) is 2. The van der Waals surface area contributed by atoms with Crippen molar-refractivity contribution in [2.24, 2.45) is 17.8 Å². The molecule has 10 heteroatoms. The van der Waals surface area contributed by atoms with Crippen LogP contribution in [0.2, 0.25) is 10.0 Å². The van der Waals surface area contributed by atoms with Crippen molar-refractivity contribution >= 4 is 45.5 Å². The molecule has 1 N–H and O–H groups in total. The Kier molecular flexibility index (Phi) is 9.30. The number of pyridine rings is 1. The first-order valence-corrected chi connectivity index (χ1v) is 14.8.